The summed E-state index contributed by atoms with van der Waals surface area (Å²) in [5, 5.41) is 2.05. The number of carbonyl (C=O) groups excluding carboxylic acids is 1. The Balaban J connectivity index is 2.11. The second-order valence-corrected chi connectivity index (χ2v) is 7.20. The van der Waals surface area contributed by atoms with Crippen LogP contribution in [0.15, 0.2) is 47.4 Å². The standard InChI is InChI=1S/C17H17F3N2O5S/c1-26-14-8-7-11(9-15(14)27-2)28(24,25)21-10-16(23)22-13-6-4-3-5-12(13)17(18,19)20/h3-9,21H,10H2,1-2H3,(H,22,23). The van der Waals surface area contributed by atoms with Gasteiger partial charge < -0.3 is 14.8 Å². The highest BCUT2D eigenvalue weighted by atomic mass is 32.2. The molecule has 0 heterocycles. The molecule has 0 spiro atoms. The molecule has 0 saturated carbocycles. The minimum absolute atomic E-state index is 0.161. The fraction of sp³-hybridized carbons (Fsp3) is 0.235. The van der Waals surface area contributed by atoms with E-state index in [2.05, 4.69) is 5.32 Å². The van der Waals surface area contributed by atoms with Gasteiger partial charge in [0.1, 0.15) is 0 Å². The zero-order valence-electron chi connectivity index (χ0n) is 14.8. The number of halogens is 3. The summed E-state index contributed by atoms with van der Waals surface area (Å²) in [4.78, 5) is 11.7. The molecule has 1 amide bonds. The van der Waals surface area contributed by atoms with Gasteiger partial charge in [-0.2, -0.15) is 13.2 Å². The van der Waals surface area contributed by atoms with Gasteiger partial charge in [0, 0.05) is 6.07 Å². The van der Waals surface area contributed by atoms with E-state index < -0.39 is 39.9 Å². The molecule has 0 aromatic heterocycles. The zero-order valence-corrected chi connectivity index (χ0v) is 15.6. The predicted molar refractivity (Wildman–Crippen MR) is 94.8 cm³/mol. The van der Waals surface area contributed by atoms with Crippen LogP contribution in [0.5, 0.6) is 11.5 Å². The van der Waals surface area contributed by atoms with Gasteiger partial charge in [-0.15, -0.1) is 0 Å². The zero-order chi connectivity index (χ0) is 20.9. The Kier molecular flexibility index (Phi) is 6.52. The minimum atomic E-state index is -4.66. The van der Waals surface area contributed by atoms with Crippen LogP contribution in [0, 0.1) is 0 Å². The van der Waals surface area contributed by atoms with E-state index in [1.165, 1.54) is 44.6 Å². The van der Waals surface area contributed by atoms with Gasteiger partial charge in [0.25, 0.3) is 0 Å². The Labute approximate surface area is 159 Å². The van der Waals surface area contributed by atoms with Crippen molar-refractivity contribution in [1.29, 1.82) is 0 Å². The molecule has 11 heteroatoms. The highest BCUT2D eigenvalue weighted by Crippen LogP contribution is 2.34. The van der Waals surface area contributed by atoms with E-state index in [0.29, 0.717) is 5.75 Å². The molecule has 0 aliphatic rings. The Morgan fingerprint density at radius 2 is 1.68 bits per heavy atom. The third-order valence-electron chi connectivity index (χ3n) is 3.59. The topological polar surface area (TPSA) is 93.7 Å². The molecule has 0 fully saturated rings. The van der Waals surface area contributed by atoms with Crippen molar-refractivity contribution in [3.63, 3.8) is 0 Å². The number of benzene rings is 2. The summed E-state index contributed by atoms with van der Waals surface area (Å²) in [6.07, 6.45) is -4.66. The maximum Gasteiger partial charge on any atom is 0.418 e. The van der Waals surface area contributed by atoms with Gasteiger partial charge in [-0.1, -0.05) is 12.1 Å². The largest absolute Gasteiger partial charge is 0.493 e. The normalized spacial score (nSPS) is 11.8. The van der Waals surface area contributed by atoms with E-state index in [9.17, 15) is 26.4 Å². The van der Waals surface area contributed by atoms with Gasteiger partial charge in [-0.3, -0.25) is 4.79 Å². The smallest absolute Gasteiger partial charge is 0.418 e. The summed E-state index contributed by atoms with van der Waals surface area (Å²) in [7, 11) is -1.40. The third kappa shape index (κ3) is 5.14. The summed E-state index contributed by atoms with van der Waals surface area (Å²) < 4.78 is 75.5. The maximum atomic E-state index is 12.9. The van der Waals surface area contributed by atoms with E-state index in [1.54, 1.807) is 0 Å². The van der Waals surface area contributed by atoms with Crippen LogP contribution >= 0.6 is 0 Å². The summed E-state index contributed by atoms with van der Waals surface area (Å²) in [6, 6.07) is 8.18. The van der Waals surface area contributed by atoms with Crippen LogP contribution in [0.25, 0.3) is 0 Å². The number of alkyl halides is 3. The number of anilines is 1. The number of sulfonamides is 1. The molecule has 0 saturated heterocycles. The molecule has 0 aliphatic carbocycles. The van der Waals surface area contributed by atoms with Crippen LogP contribution in [-0.2, 0) is 21.0 Å². The molecular weight excluding hydrogens is 401 g/mol. The fourth-order valence-electron chi connectivity index (χ4n) is 2.26. The van der Waals surface area contributed by atoms with E-state index in [4.69, 9.17) is 9.47 Å². The van der Waals surface area contributed by atoms with Crippen LogP contribution in [-0.4, -0.2) is 35.1 Å². The van der Waals surface area contributed by atoms with E-state index in [-0.39, 0.29) is 10.6 Å². The molecule has 152 valence electrons. The van der Waals surface area contributed by atoms with Crippen molar-refractivity contribution >= 4 is 21.6 Å². The molecule has 2 rings (SSSR count). The highest BCUT2D eigenvalue weighted by Gasteiger charge is 2.33. The van der Waals surface area contributed by atoms with Gasteiger partial charge in [0.2, 0.25) is 15.9 Å². The fourth-order valence-corrected chi connectivity index (χ4v) is 3.26. The van der Waals surface area contributed by atoms with Crippen molar-refractivity contribution in [2.45, 2.75) is 11.1 Å². The molecule has 0 radical (unpaired) electrons. The first-order valence-electron chi connectivity index (χ1n) is 7.76. The van der Waals surface area contributed by atoms with Gasteiger partial charge in [-0.05, 0) is 24.3 Å². The second kappa shape index (κ2) is 8.48. The lowest BCUT2D eigenvalue weighted by molar-refractivity contribution is -0.137. The highest BCUT2D eigenvalue weighted by molar-refractivity contribution is 7.89. The molecule has 2 aromatic carbocycles. The lowest BCUT2D eigenvalue weighted by Crippen LogP contribution is -2.33. The van der Waals surface area contributed by atoms with Crippen LogP contribution in [0.2, 0.25) is 0 Å². The molecule has 2 aromatic rings. The van der Waals surface area contributed by atoms with Gasteiger partial charge in [-0.25, -0.2) is 13.1 Å². The Morgan fingerprint density at radius 1 is 1.04 bits per heavy atom. The summed E-state index contributed by atoms with van der Waals surface area (Å²) in [5.74, 6) is -0.488. The van der Waals surface area contributed by atoms with Gasteiger partial charge in [0.15, 0.2) is 11.5 Å². The quantitative estimate of drug-likeness (QED) is 0.721. The molecule has 0 aliphatic heterocycles. The van der Waals surface area contributed by atoms with Crippen LogP contribution in [0.4, 0.5) is 18.9 Å². The monoisotopic (exact) mass is 418 g/mol. The first kappa shape index (κ1) is 21.5. The first-order chi connectivity index (χ1) is 13.1. The number of para-hydroxylation sites is 1. The number of ether oxygens (including phenoxy) is 2. The predicted octanol–water partition coefficient (Wildman–Crippen LogP) is 2.64. The lowest BCUT2D eigenvalue weighted by Gasteiger charge is -2.14. The van der Waals surface area contributed by atoms with Crippen molar-refractivity contribution in [1.82, 2.24) is 4.72 Å². The number of hydrogen-bond donors (Lipinski definition) is 2. The average Bonchev–Trinajstić information content (AvgIpc) is 2.65. The SMILES string of the molecule is COc1ccc(S(=O)(=O)NCC(=O)Nc2ccccc2C(F)(F)F)cc1OC. The summed E-state index contributed by atoms with van der Waals surface area (Å²) in [5.41, 5.74) is -1.50. The molecule has 0 bridgehead atoms. The van der Waals surface area contributed by atoms with Crippen LogP contribution in [0.3, 0.4) is 0 Å². The molecule has 0 atom stereocenters. The summed E-state index contributed by atoms with van der Waals surface area (Å²) >= 11 is 0. The third-order valence-corrected chi connectivity index (χ3v) is 4.99. The van der Waals surface area contributed by atoms with Crippen molar-refractivity contribution in [2.75, 3.05) is 26.1 Å². The number of rotatable bonds is 7. The molecule has 28 heavy (non-hydrogen) atoms. The summed E-state index contributed by atoms with van der Waals surface area (Å²) in [6.45, 7) is -0.761. The number of methoxy groups -OCH3 is 2. The number of amides is 1. The number of carbonyl (C=O) groups is 1. The van der Waals surface area contributed by atoms with Gasteiger partial charge in [0.05, 0.1) is 36.9 Å². The molecule has 2 N–H and O–H groups in total. The van der Waals surface area contributed by atoms with E-state index >= 15 is 0 Å². The van der Waals surface area contributed by atoms with Crippen LogP contribution in [0.1, 0.15) is 5.56 Å². The van der Waals surface area contributed by atoms with Crippen molar-refractivity contribution in [3.8, 4) is 11.5 Å². The van der Waals surface area contributed by atoms with Gasteiger partial charge >= 0.3 is 6.18 Å². The lowest BCUT2D eigenvalue weighted by atomic mass is 10.1. The van der Waals surface area contributed by atoms with E-state index in [0.717, 1.165) is 12.1 Å². The second-order valence-electron chi connectivity index (χ2n) is 5.43. The Hall–Kier alpha value is -2.79. The van der Waals surface area contributed by atoms with Crippen molar-refractivity contribution < 1.29 is 35.9 Å². The van der Waals surface area contributed by atoms with Crippen LogP contribution < -0.4 is 19.5 Å². The van der Waals surface area contributed by atoms with Crippen molar-refractivity contribution in [3.05, 3.63) is 48.0 Å². The molecule has 0 unspecified atom stereocenters. The molecule has 7 nitrogen and oxygen atoms in total. The van der Waals surface area contributed by atoms with Crippen molar-refractivity contribution in [2.24, 2.45) is 0 Å². The minimum Gasteiger partial charge on any atom is -0.493 e. The number of hydrogen-bond acceptors (Lipinski definition) is 5. The Morgan fingerprint density at radius 3 is 2.29 bits per heavy atom. The number of nitrogens with one attached hydrogen (secondary N) is 2. The van der Waals surface area contributed by atoms with E-state index in [1.807, 2.05) is 4.72 Å². The Bertz CT molecular complexity index is 962. The first-order valence-corrected chi connectivity index (χ1v) is 9.24. The maximum absolute atomic E-state index is 12.9. The average molecular weight is 418 g/mol. The molecular formula is C17H17F3N2O5S.